The molecule has 3 atom stereocenters. The Hall–Kier alpha value is -0.380. The molecule has 0 heterocycles. The molecule has 0 saturated carbocycles. The Kier molecular flexibility index (Phi) is 7.78. The predicted octanol–water partition coefficient (Wildman–Crippen LogP) is 4.60. The van der Waals surface area contributed by atoms with Crippen LogP contribution in [-0.4, -0.2) is 24.0 Å². The molecule has 3 unspecified atom stereocenters. The molecule has 0 aliphatic carbocycles. The summed E-state index contributed by atoms with van der Waals surface area (Å²) in [7, 11) is 0. The molecule has 1 aromatic rings. The summed E-state index contributed by atoms with van der Waals surface area (Å²) >= 11 is 3.51. The third-order valence-corrected chi connectivity index (χ3v) is 4.66. The van der Waals surface area contributed by atoms with Gasteiger partial charge in [-0.1, -0.05) is 62.2 Å². The molecule has 114 valence electrons. The number of halogens is 1. The molecule has 0 fully saturated rings. The van der Waals surface area contributed by atoms with Crippen molar-refractivity contribution < 1.29 is 0 Å². The first-order valence-electron chi connectivity index (χ1n) is 7.78. The quantitative estimate of drug-likeness (QED) is 0.749. The molecular weight excluding hydrogens is 312 g/mol. The lowest BCUT2D eigenvalue weighted by Crippen LogP contribution is -2.42. The summed E-state index contributed by atoms with van der Waals surface area (Å²) in [6.07, 6.45) is 2.21. The molecule has 0 spiro atoms. The maximum atomic E-state index is 6.43. The molecule has 0 saturated heterocycles. The topological polar surface area (TPSA) is 29.3 Å². The minimum atomic E-state index is 0.181. The van der Waals surface area contributed by atoms with Gasteiger partial charge in [0, 0.05) is 23.1 Å². The summed E-state index contributed by atoms with van der Waals surface area (Å²) in [6, 6.07) is 9.11. The molecule has 0 bridgehead atoms. The second kappa shape index (κ2) is 8.81. The van der Waals surface area contributed by atoms with Gasteiger partial charge in [-0.3, -0.25) is 4.90 Å². The van der Waals surface area contributed by atoms with Crippen LogP contribution in [0.25, 0.3) is 0 Å². The molecule has 1 rings (SSSR count). The number of rotatable bonds is 8. The Morgan fingerprint density at radius 2 is 1.70 bits per heavy atom. The maximum absolute atomic E-state index is 6.43. The lowest BCUT2D eigenvalue weighted by molar-refractivity contribution is 0.153. The Bertz CT molecular complexity index is 377. The van der Waals surface area contributed by atoms with Crippen molar-refractivity contribution in [2.24, 2.45) is 11.7 Å². The highest BCUT2D eigenvalue weighted by Crippen LogP contribution is 2.27. The molecule has 3 heteroatoms. The van der Waals surface area contributed by atoms with E-state index in [2.05, 4.69) is 72.8 Å². The fraction of sp³-hybridized carbons (Fsp3) is 0.647. The summed E-state index contributed by atoms with van der Waals surface area (Å²) in [5.41, 5.74) is 7.75. The van der Waals surface area contributed by atoms with E-state index in [0.29, 0.717) is 12.0 Å². The number of hydrogen-bond donors (Lipinski definition) is 1. The minimum absolute atomic E-state index is 0.181. The minimum Gasteiger partial charge on any atom is -0.326 e. The zero-order chi connectivity index (χ0) is 15.1. The summed E-state index contributed by atoms with van der Waals surface area (Å²) in [4.78, 5) is 2.53. The molecule has 0 aromatic heterocycles. The Morgan fingerprint density at radius 1 is 1.10 bits per heavy atom. The summed E-state index contributed by atoms with van der Waals surface area (Å²) in [5.74, 6) is 0.706. The Labute approximate surface area is 132 Å². The van der Waals surface area contributed by atoms with Crippen LogP contribution >= 0.6 is 15.9 Å². The van der Waals surface area contributed by atoms with Gasteiger partial charge in [-0.05, 0) is 36.6 Å². The lowest BCUT2D eigenvalue weighted by atomic mass is 9.95. The summed E-state index contributed by atoms with van der Waals surface area (Å²) in [5, 5.41) is 0. The van der Waals surface area contributed by atoms with Crippen molar-refractivity contribution in [1.29, 1.82) is 0 Å². The molecule has 20 heavy (non-hydrogen) atoms. The van der Waals surface area contributed by atoms with Crippen molar-refractivity contribution >= 4 is 15.9 Å². The molecule has 2 nitrogen and oxygen atoms in total. The number of hydrogen-bond acceptors (Lipinski definition) is 2. The van der Waals surface area contributed by atoms with Crippen LogP contribution in [0, 0.1) is 5.92 Å². The van der Waals surface area contributed by atoms with E-state index in [0.717, 1.165) is 24.0 Å². The Morgan fingerprint density at radius 3 is 2.15 bits per heavy atom. The average Bonchev–Trinajstić information content (AvgIpc) is 2.47. The van der Waals surface area contributed by atoms with Crippen molar-refractivity contribution in [2.45, 2.75) is 52.6 Å². The largest absolute Gasteiger partial charge is 0.326 e. The monoisotopic (exact) mass is 340 g/mol. The predicted molar refractivity (Wildman–Crippen MR) is 91.9 cm³/mol. The highest BCUT2D eigenvalue weighted by molar-refractivity contribution is 9.10. The van der Waals surface area contributed by atoms with Gasteiger partial charge in [0.2, 0.25) is 0 Å². The van der Waals surface area contributed by atoms with Crippen molar-refractivity contribution in [2.75, 3.05) is 13.1 Å². The first kappa shape index (κ1) is 17.7. The summed E-state index contributed by atoms with van der Waals surface area (Å²) in [6.45, 7) is 11.1. The molecule has 0 amide bonds. The number of nitrogens with two attached hydrogens (primary N) is 1. The van der Waals surface area contributed by atoms with Crippen LogP contribution in [0.2, 0.25) is 0 Å². The third-order valence-electron chi connectivity index (χ3n) is 4.13. The van der Waals surface area contributed by atoms with Gasteiger partial charge in [-0.15, -0.1) is 0 Å². The van der Waals surface area contributed by atoms with E-state index in [1.54, 1.807) is 0 Å². The Balaban J connectivity index is 3.00. The highest BCUT2D eigenvalue weighted by atomic mass is 79.9. The van der Waals surface area contributed by atoms with Gasteiger partial charge < -0.3 is 5.73 Å². The van der Waals surface area contributed by atoms with Gasteiger partial charge >= 0.3 is 0 Å². The number of nitrogens with zero attached hydrogens (tertiary/aromatic N) is 1. The number of benzene rings is 1. The highest BCUT2D eigenvalue weighted by Gasteiger charge is 2.25. The van der Waals surface area contributed by atoms with E-state index in [1.807, 2.05) is 0 Å². The zero-order valence-corrected chi connectivity index (χ0v) is 14.9. The van der Waals surface area contributed by atoms with Crippen LogP contribution in [0.4, 0.5) is 0 Å². The lowest BCUT2D eigenvalue weighted by Gasteiger charge is -2.36. The second-order valence-electron chi connectivity index (χ2n) is 5.67. The van der Waals surface area contributed by atoms with Crippen LogP contribution in [0.3, 0.4) is 0 Å². The van der Waals surface area contributed by atoms with Crippen molar-refractivity contribution in [3.63, 3.8) is 0 Å². The zero-order valence-electron chi connectivity index (χ0n) is 13.3. The van der Waals surface area contributed by atoms with Crippen LogP contribution < -0.4 is 5.73 Å². The van der Waals surface area contributed by atoms with Gasteiger partial charge in [0.25, 0.3) is 0 Å². The molecule has 0 aliphatic heterocycles. The van der Waals surface area contributed by atoms with Crippen LogP contribution in [-0.2, 0) is 0 Å². The molecule has 2 N–H and O–H groups in total. The normalized spacial score (nSPS) is 16.1. The third kappa shape index (κ3) is 4.87. The van der Waals surface area contributed by atoms with E-state index in [9.17, 15) is 0 Å². The SMILES string of the molecule is CCC(C)CN(CC)C(c1ccc(Br)cc1)C(N)CC. The number of likely N-dealkylation sites (N-methyl/N-ethyl adjacent to an activating group) is 1. The maximum Gasteiger partial charge on any atom is 0.0499 e. The van der Waals surface area contributed by atoms with E-state index in [1.165, 1.54) is 12.0 Å². The average molecular weight is 341 g/mol. The van der Waals surface area contributed by atoms with Crippen molar-refractivity contribution in [3.05, 3.63) is 34.3 Å². The van der Waals surface area contributed by atoms with E-state index in [-0.39, 0.29) is 6.04 Å². The molecule has 0 aliphatic rings. The van der Waals surface area contributed by atoms with Gasteiger partial charge in [-0.25, -0.2) is 0 Å². The van der Waals surface area contributed by atoms with Crippen LogP contribution in [0.5, 0.6) is 0 Å². The second-order valence-corrected chi connectivity index (χ2v) is 6.59. The molecular formula is C17H29BrN2. The van der Waals surface area contributed by atoms with Gasteiger partial charge in [0.05, 0.1) is 0 Å². The first-order chi connectivity index (χ1) is 9.53. The van der Waals surface area contributed by atoms with E-state index in [4.69, 9.17) is 5.73 Å². The molecule has 0 radical (unpaired) electrons. The van der Waals surface area contributed by atoms with Gasteiger partial charge in [-0.2, -0.15) is 0 Å². The van der Waals surface area contributed by atoms with Crippen molar-refractivity contribution in [1.82, 2.24) is 4.90 Å². The van der Waals surface area contributed by atoms with Crippen molar-refractivity contribution in [3.8, 4) is 0 Å². The molecule has 1 aromatic carbocycles. The van der Waals surface area contributed by atoms with Gasteiger partial charge in [0.1, 0.15) is 0 Å². The fourth-order valence-corrected chi connectivity index (χ4v) is 2.85. The fourth-order valence-electron chi connectivity index (χ4n) is 2.58. The smallest absolute Gasteiger partial charge is 0.0499 e. The van der Waals surface area contributed by atoms with E-state index >= 15 is 0 Å². The van der Waals surface area contributed by atoms with Crippen LogP contribution in [0.1, 0.15) is 52.1 Å². The van der Waals surface area contributed by atoms with Gasteiger partial charge in [0.15, 0.2) is 0 Å². The summed E-state index contributed by atoms with van der Waals surface area (Å²) < 4.78 is 1.12. The van der Waals surface area contributed by atoms with E-state index < -0.39 is 0 Å². The first-order valence-corrected chi connectivity index (χ1v) is 8.57. The van der Waals surface area contributed by atoms with Crippen LogP contribution in [0.15, 0.2) is 28.7 Å². The standard InChI is InChI=1S/C17H29BrN2/c1-5-13(4)12-20(7-3)17(16(19)6-2)14-8-10-15(18)11-9-14/h8-11,13,16-17H,5-7,12,19H2,1-4H3.